The molecular weight excluding hydrogens is 2120 g/mol. The van der Waals surface area contributed by atoms with Crippen LogP contribution in [0.15, 0.2) is 115 Å². The summed E-state index contributed by atoms with van der Waals surface area (Å²) in [6.45, 7) is 16.8. The summed E-state index contributed by atoms with van der Waals surface area (Å²) in [5.41, 5.74) is 10.6. The first-order valence-electron chi connectivity index (χ1n) is 48.9. The summed E-state index contributed by atoms with van der Waals surface area (Å²) >= 11 is 1.83. The predicted molar refractivity (Wildman–Crippen MR) is 564 cm³/mol. The van der Waals surface area contributed by atoms with Gasteiger partial charge in [0.05, 0.1) is 97.6 Å². The van der Waals surface area contributed by atoms with Crippen LogP contribution in [0.25, 0.3) is 21.0 Å². The van der Waals surface area contributed by atoms with Gasteiger partial charge in [0.2, 0.25) is 5.91 Å². The number of amides is 1. The van der Waals surface area contributed by atoms with E-state index in [1.807, 2.05) is 77.8 Å². The van der Waals surface area contributed by atoms with Crippen molar-refractivity contribution in [3.63, 3.8) is 0 Å². The van der Waals surface area contributed by atoms with Crippen molar-refractivity contribution in [2.24, 2.45) is 0 Å². The number of carbonyl (C=O) groups excluding carboxylic acids is 3. The van der Waals surface area contributed by atoms with Crippen LogP contribution in [0.1, 0.15) is 179 Å². The van der Waals surface area contributed by atoms with Gasteiger partial charge in [-0.25, -0.2) is 13.2 Å². The third kappa shape index (κ3) is 57.1. The molecule has 2 aromatic heterocycles. The molecule has 43 nitrogen and oxygen atoms in total. The summed E-state index contributed by atoms with van der Waals surface area (Å²) < 4.78 is 262. The van der Waals surface area contributed by atoms with Crippen LogP contribution in [0.3, 0.4) is 0 Å². The van der Waals surface area contributed by atoms with Crippen molar-refractivity contribution < 1.29 is 177 Å². The van der Waals surface area contributed by atoms with E-state index in [-0.39, 0.29) is 151 Å². The number of H-pyrrole nitrogens is 1. The molecule has 12 rings (SSSR count). The molecule has 1 amide bonds. The number of ether oxygens (including phenoxy) is 4. The molecule has 1 saturated heterocycles. The molecule has 7 aromatic rings. The number of aliphatic hydroxyl groups is 2. The smallest absolute Gasteiger partial charge is 0.748 e. The number of nitrogens with one attached hydrogen (secondary N) is 6. The number of aromatic nitrogens is 1. The maximum atomic E-state index is 11.9. The number of unbranched alkanes of at least 4 members (excludes halogenated alkanes) is 1. The molecule has 5 aliphatic heterocycles. The number of esters is 2. The second kappa shape index (κ2) is 68.7. The number of benzene rings is 5. The second-order valence-electron chi connectivity index (χ2n) is 35.7. The Kier molecular flexibility index (Phi) is 62.1. The van der Waals surface area contributed by atoms with Gasteiger partial charge < -0.3 is 65.3 Å². The second-order valence-corrected chi connectivity index (χ2v) is 49.4. The van der Waals surface area contributed by atoms with E-state index in [9.17, 15) is 86.3 Å². The molecule has 1 fully saturated rings. The SMILES string of the molecule is CCCC(CO)NCCCS(=O)(=O)O.CCCCC(CO)NCCCS(=O)(=O)O.CCOC(=O)C(NCCCS(=O)(=O)O)c1ccccc1.COC(=O)C1Cc2ccccc2CN1CCCS(=O)(=O)O.COc1ccc2[nH]c3c(c2c1)CCN(CCCS(=O)(=O)O)C3.COc1ccc2c(c1)CN(CCCS(=O)(=O)O)CC2.O=C1NCCCC[C@@H]1NCCCS(=O)(=O)[O-].O=S(=O)(O)CCCN1CCc2c(sc3ccccc23)C1.[Na+]. The van der Waals surface area contributed by atoms with Gasteiger partial charge >= 0.3 is 41.5 Å². The maximum absolute atomic E-state index is 11.9. The number of fused-ring (bicyclic) bond motifs is 8. The van der Waals surface area contributed by atoms with E-state index in [4.69, 9.17) is 61.0 Å². The van der Waals surface area contributed by atoms with E-state index in [0.717, 1.165) is 144 Å². The van der Waals surface area contributed by atoms with E-state index in [1.165, 1.54) is 55.4 Å². The number of thiophene rings is 1. The minimum Gasteiger partial charge on any atom is -0.748 e. The Morgan fingerprint density at radius 3 is 1.51 bits per heavy atom. The Bertz CT molecular complexity index is 6120. The van der Waals surface area contributed by atoms with Crippen LogP contribution < -0.4 is 65.6 Å². The van der Waals surface area contributed by atoms with Crippen LogP contribution in [0.5, 0.6) is 11.5 Å². The van der Waals surface area contributed by atoms with E-state index >= 15 is 0 Å². The zero-order valence-electron chi connectivity index (χ0n) is 85.4. The number of aromatic amines is 1. The summed E-state index contributed by atoms with van der Waals surface area (Å²) in [4.78, 5) is 48.7. The summed E-state index contributed by atoms with van der Waals surface area (Å²) in [5, 5.41) is 35.2. The first-order chi connectivity index (χ1) is 69.3. The zero-order valence-corrected chi connectivity index (χ0v) is 94.7. The molecule has 5 atom stereocenters. The number of hydrogen-bond acceptors (Lipinski definition) is 35. The summed E-state index contributed by atoms with van der Waals surface area (Å²) in [5.74, 6) is -1.07. The Morgan fingerprint density at radius 1 is 0.486 bits per heavy atom. The molecule has 53 heteroatoms. The van der Waals surface area contributed by atoms with Crippen LogP contribution in [-0.4, -0.2) is 346 Å². The van der Waals surface area contributed by atoms with Crippen molar-refractivity contribution >= 4 is 131 Å². The van der Waals surface area contributed by atoms with Crippen molar-refractivity contribution in [1.29, 1.82) is 0 Å². The fourth-order valence-corrected chi connectivity index (χ4v) is 21.9. The normalized spacial score (nSPS) is 16.3. The summed E-state index contributed by atoms with van der Waals surface area (Å²) in [6.07, 6.45) is 13.8. The van der Waals surface area contributed by atoms with E-state index in [2.05, 4.69) is 89.6 Å². The van der Waals surface area contributed by atoms with Gasteiger partial charge in [0, 0.05) is 103 Å². The molecule has 0 spiro atoms. The fraction of sp³-hybridized carbons (Fsp3) is 0.611. The largest absolute Gasteiger partial charge is 1.00 e. The summed E-state index contributed by atoms with van der Waals surface area (Å²) in [7, 11) is -26.7. The first-order valence-corrected chi connectivity index (χ1v) is 62.6. The molecule has 0 aliphatic carbocycles. The molecular formula is C95H151N10NaO33S9. The van der Waals surface area contributed by atoms with E-state index < -0.39 is 99.0 Å². The van der Waals surface area contributed by atoms with Crippen molar-refractivity contribution in [3.05, 3.63) is 165 Å². The summed E-state index contributed by atoms with van der Waals surface area (Å²) in [6, 6.07) is 36.2. The third-order valence-electron chi connectivity index (χ3n) is 24.0. The van der Waals surface area contributed by atoms with Crippen molar-refractivity contribution in [2.45, 2.75) is 206 Å². The van der Waals surface area contributed by atoms with Gasteiger partial charge in [0.1, 0.15) is 23.6 Å². The molecule has 834 valence electrons. The predicted octanol–water partition coefficient (Wildman–Crippen LogP) is 4.31. The third-order valence-corrected chi connectivity index (χ3v) is 31.6. The molecule has 5 aliphatic rings. The number of hydrogen-bond donors (Lipinski definition) is 15. The average molecular weight is 2270 g/mol. The number of carbonyl (C=O) groups is 3. The average Bonchev–Trinajstić information content (AvgIpc) is 1.63. The Balaban J connectivity index is 0.000000353. The molecule has 4 unspecified atom stereocenters. The molecule has 148 heavy (non-hydrogen) atoms. The molecule has 0 radical (unpaired) electrons. The van der Waals surface area contributed by atoms with E-state index in [1.54, 1.807) is 45.4 Å². The minimum absolute atomic E-state index is 0. The Hall–Kier alpha value is -6.51. The van der Waals surface area contributed by atoms with Crippen LogP contribution in [0.4, 0.5) is 0 Å². The van der Waals surface area contributed by atoms with Gasteiger partial charge in [-0.1, -0.05) is 112 Å². The van der Waals surface area contributed by atoms with Gasteiger partial charge in [0.15, 0.2) is 0 Å². The monoisotopic (exact) mass is 2270 g/mol. The van der Waals surface area contributed by atoms with Gasteiger partial charge in [0.25, 0.3) is 70.8 Å². The maximum Gasteiger partial charge on any atom is 1.00 e. The number of rotatable bonds is 49. The quantitative estimate of drug-likeness (QED) is 0.0109. The van der Waals surface area contributed by atoms with Gasteiger partial charge in [-0.05, 0) is 243 Å². The standard InChI is InChI=1S/C15H20N2O4S.C14H19NO5S.C14H17NO3S2.C13H19NO5S.C13H19NO4S.C9H18N2O4S.C9H21NO4S.C8H19NO4S.Na/c1-21-11-3-4-14-13(9-11)12-5-7-17(10-15(12)16-14)6-2-8-22(18,19)20;1-20-14(16)13-9-11-5-2-3-6-12(11)10-15(13)7-4-8-21(17,18)19;16-20(17,18)9-3-7-15-8-6-12-11-4-1-2-5-13(11)19-14(12)10-15;1-2-19-13(15)12(11-7-4-3-5-8-11)14-9-6-10-20(16,17)18;1-18-13-4-3-11-5-7-14(10-12(11)9-13)6-2-8-19(15,16)17;12-9-8(4-1-2-5-11-9)10-6-3-7-16(13,14)15;1-2-3-5-9(8-11)10-6-4-7-15(12,13)14;1-2-4-8(7-10)9-5-3-6-14(11,12)13;/h3-4,9,16H,2,5-8,10H2,1H3,(H,18,19,20);2-3,5-6,13H,4,7-10H2,1H3,(H,17,18,19);1-2,4-5H,3,6-10H2,(H,16,17,18);3-5,7-8,12,14H,2,6,9-10H2,1H3,(H,16,17,18);3-4,9H,2,5-8,10H2,1H3,(H,15,16,17);8,10H,1-7H2,(H,11,12)(H,13,14,15);9-11H,2-8H2,1H3,(H,12,13,14);8-10H,2-7H2,1H3,(H,11,12,13);/q;;;;;;;;+1/p-1/t;;;;;8-;;;/m.....0.../s1. The van der Waals surface area contributed by atoms with Crippen molar-refractivity contribution in [1.82, 2.24) is 51.2 Å². The Morgan fingerprint density at radius 2 is 0.973 bits per heavy atom. The van der Waals surface area contributed by atoms with Crippen LogP contribution in [-0.2, 0) is 157 Å². The van der Waals surface area contributed by atoms with Crippen molar-refractivity contribution in [2.75, 3.05) is 166 Å². The first kappa shape index (κ1) is 134. The molecule has 0 bridgehead atoms. The number of methoxy groups -OCH3 is 3. The van der Waals surface area contributed by atoms with Gasteiger partial charge in [-0.15, -0.1) is 11.3 Å². The number of aliphatic hydroxyl groups excluding tert-OH is 2. The Labute approximate surface area is 899 Å². The molecule has 7 heterocycles. The molecule has 15 N–H and O–H groups in total. The zero-order chi connectivity index (χ0) is 109. The number of nitrogens with zero attached hydrogens (tertiary/aromatic N) is 4. The van der Waals surface area contributed by atoms with Crippen LogP contribution >= 0.6 is 11.3 Å². The fourth-order valence-electron chi connectivity index (χ4n) is 16.6. The van der Waals surface area contributed by atoms with E-state index in [0.29, 0.717) is 97.4 Å². The van der Waals surface area contributed by atoms with Crippen LogP contribution in [0.2, 0.25) is 0 Å². The van der Waals surface area contributed by atoms with Crippen LogP contribution in [0, 0.1) is 0 Å². The van der Waals surface area contributed by atoms with Gasteiger partial charge in [-0.3, -0.25) is 61.1 Å². The van der Waals surface area contributed by atoms with Gasteiger partial charge in [-0.2, -0.15) is 58.9 Å². The topological polar surface area (TPSA) is 655 Å². The molecule has 5 aromatic carbocycles. The minimum atomic E-state index is -4.14. The van der Waals surface area contributed by atoms with Crippen molar-refractivity contribution in [3.8, 4) is 11.5 Å². The molecule has 0 saturated carbocycles.